The molecule has 0 atom stereocenters. The molecule has 1 aliphatic rings. The van der Waals surface area contributed by atoms with Crippen LogP contribution in [0.25, 0.3) is 15.9 Å². The number of carbonyl (C=O) groups is 1. The van der Waals surface area contributed by atoms with Gasteiger partial charge in [-0.3, -0.25) is 14.2 Å². The molecule has 0 saturated carbocycles. The number of benzene rings is 1. The summed E-state index contributed by atoms with van der Waals surface area (Å²) >= 11 is 4.16. The Labute approximate surface area is 202 Å². The van der Waals surface area contributed by atoms with Gasteiger partial charge in [0.05, 0.1) is 23.9 Å². The summed E-state index contributed by atoms with van der Waals surface area (Å²) in [4.78, 5) is 39.4. The summed E-state index contributed by atoms with van der Waals surface area (Å²) in [6, 6.07) is 7.33. The highest BCUT2D eigenvalue weighted by Gasteiger charge is 2.25. The molecular weight excluding hydrogens is 478 g/mol. The summed E-state index contributed by atoms with van der Waals surface area (Å²) < 4.78 is 6.97. The molecule has 1 aliphatic heterocycles. The number of aromatic nitrogens is 3. The summed E-state index contributed by atoms with van der Waals surface area (Å²) in [6.07, 6.45) is 2.46. The van der Waals surface area contributed by atoms with Crippen molar-refractivity contribution in [3.8, 4) is 11.4 Å². The second kappa shape index (κ2) is 9.26. The van der Waals surface area contributed by atoms with Crippen molar-refractivity contribution in [2.75, 3.05) is 31.8 Å². The molecule has 3 aromatic heterocycles. The maximum Gasteiger partial charge on any atom is 0.267 e. The number of nitrogens with zero attached hydrogens (tertiary/aromatic N) is 4. The molecule has 1 N–H and O–H groups in total. The van der Waals surface area contributed by atoms with Crippen molar-refractivity contribution in [3.05, 3.63) is 56.6 Å². The molecular formula is C22H21N5O3S3. The van der Waals surface area contributed by atoms with Gasteiger partial charge >= 0.3 is 0 Å². The number of amides is 1. The molecule has 4 aromatic rings. The molecule has 11 heteroatoms. The average molecular weight is 500 g/mol. The van der Waals surface area contributed by atoms with Gasteiger partial charge in [0.1, 0.15) is 10.6 Å². The van der Waals surface area contributed by atoms with Crippen LogP contribution in [-0.2, 0) is 17.8 Å². The minimum absolute atomic E-state index is 0.106. The maximum absolute atomic E-state index is 13.8. The largest absolute Gasteiger partial charge is 0.497 e. The molecule has 33 heavy (non-hydrogen) atoms. The Balaban J connectivity index is 1.58. The molecule has 0 bridgehead atoms. The number of ether oxygens (including phenoxy) is 1. The van der Waals surface area contributed by atoms with Crippen molar-refractivity contribution in [1.29, 1.82) is 0 Å². The number of thioether (sulfide) groups is 1. The van der Waals surface area contributed by atoms with Gasteiger partial charge in [-0.25, -0.2) is 9.97 Å². The maximum atomic E-state index is 13.8. The molecule has 0 aliphatic carbocycles. The summed E-state index contributed by atoms with van der Waals surface area (Å²) in [5.41, 5.74) is 1.64. The summed E-state index contributed by atoms with van der Waals surface area (Å²) in [5.74, 6) is 0.550. The zero-order chi connectivity index (χ0) is 22.9. The molecule has 1 amide bonds. The van der Waals surface area contributed by atoms with E-state index in [1.54, 1.807) is 40.7 Å². The van der Waals surface area contributed by atoms with E-state index in [9.17, 15) is 9.59 Å². The summed E-state index contributed by atoms with van der Waals surface area (Å²) in [5, 5.41) is 6.28. The van der Waals surface area contributed by atoms with Crippen molar-refractivity contribution < 1.29 is 9.53 Å². The van der Waals surface area contributed by atoms with E-state index in [1.807, 2.05) is 18.2 Å². The van der Waals surface area contributed by atoms with Gasteiger partial charge < -0.3 is 15.0 Å². The zero-order valence-electron chi connectivity index (χ0n) is 18.0. The Morgan fingerprint density at radius 3 is 3.03 bits per heavy atom. The number of methoxy groups -OCH3 is 1. The summed E-state index contributed by atoms with van der Waals surface area (Å²) in [6.45, 7) is 1.72. The molecule has 4 heterocycles. The van der Waals surface area contributed by atoms with Gasteiger partial charge in [0.15, 0.2) is 10.3 Å². The lowest BCUT2D eigenvalue weighted by Crippen LogP contribution is -2.27. The van der Waals surface area contributed by atoms with Crippen molar-refractivity contribution >= 4 is 55.7 Å². The van der Waals surface area contributed by atoms with E-state index in [2.05, 4.69) is 22.2 Å². The first kappa shape index (κ1) is 22.1. The van der Waals surface area contributed by atoms with Crippen LogP contribution >= 0.6 is 34.4 Å². The van der Waals surface area contributed by atoms with Gasteiger partial charge in [0.25, 0.3) is 5.56 Å². The highest BCUT2D eigenvalue weighted by atomic mass is 32.2. The number of fused-ring (bicyclic) bond motifs is 3. The molecule has 5 rings (SSSR count). The van der Waals surface area contributed by atoms with Crippen molar-refractivity contribution in [2.45, 2.75) is 18.1 Å². The topological polar surface area (TPSA) is 89.3 Å². The number of rotatable bonds is 6. The van der Waals surface area contributed by atoms with Crippen molar-refractivity contribution in [2.24, 2.45) is 0 Å². The van der Waals surface area contributed by atoms with E-state index in [4.69, 9.17) is 9.72 Å². The molecule has 8 nitrogen and oxygen atoms in total. The SMILES string of the molecule is COc1cccc(-n2c(SCC(=O)Nc3nccs3)nc3sc4c(c3c2=O)CCN(C)C4)c1. The fraction of sp³-hybridized carbons (Fsp3) is 0.273. The van der Waals surface area contributed by atoms with Gasteiger partial charge in [-0.05, 0) is 31.2 Å². The standard InChI is InChI=1S/C22H21N5O3S3/c1-26-8-6-15-16(11-26)33-19-18(15)20(29)27(13-4-3-5-14(10-13)30-2)22(25-19)32-12-17(28)24-21-23-7-9-31-21/h3-5,7,9-10H,6,8,11-12H2,1-2H3,(H,23,24,28). The summed E-state index contributed by atoms with van der Waals surface area (Å²) in [7, 11) is 3.67. The number of thiophene rings is 1. The molecule has 0 radical (unpaired) electrons. The Morgan fingerprint density at radius 2 is 2.24 bits per heavy atom. The monoisotopic (exact) mass is 499 g/mol. The number of nitrogens with one attached hydrogen (secondary N) is 1. The Kier molecular flexibility index (Phi) is 6.19. The fourth-order valence-corrected chi connectivity index (χ4v) is 6.50. The molecule has 0 unspecified atom stereocenters. The molecule has 0 saturated heterocycles. The Bertz CT molecular complexity index is 1380. The smallest absolute Gasteiger partial charge is 0.267 e. The number of hydrogen-bond donors (Lipinski definition) is 1. The number of likely N-dealkylation sites (N-methyl/N-ethyl adjacent to an activating group) is 1. The highest BCUT2D eigenvalue weighted by Crippen LogP contribution is 2.34. The zero-order valence-corrected chi connectivity index (χ0v) is 20.5. The third-order valence-corrected chi connectivity index (χ3v) is 8.09. The van der Waals surface area contributed by atoms with E-state index >= 15 is 0 Å². The van der Waals surface area contributed by atoms with Crippen LogP contribution in [0.15, 0.2) is 45.8 Å². The molecule has 170 valence electrons. The van der Waals surface area contributed by atoms with E-state index in [-0.39, 0.29) is 17.2 Å². The third kappa shape index (κ3) is 4.41. The van der Waals surface area contributed by atoms with Gasteiger partial charge in [0.2, 0.25) is 5.91 Å². The minimum Gasteiger partial charge on any atom is -0.497 e. The second-order valence-electron chi connectivity index (χ2n) is 7.58. The quantitative estimate of drug-likeness (QED) is 0.320. The van der Waals surface area contributed by atoms with Crippen LogP contribution in [0.1, 0.15) is 10.4 Å². The number of anilines is 1. The van der Waals surface area contributed by atoms with Gasteiger partial charge in [0, 0.05) is 35.6 Å². The average Bonchev–Trinajstić information content (AvgIpc) is 3.44. The first-order valence-electron chi connectivity index (χ1n) is 10.3. The van der Waals surface area contributed by atoms with Gasteiger partial charge in [-0.2, -0.15) is 0 Å². The van der Waals surface area contributed by atoms with Crippen LogP contribution in [0, 0.1) is 0 Å². The molecule has 0 fully saturated rings. The highest BCUT2D eigenvalue weighted by molar-refractivity contribution is 7.99. The number of carbonyl (C=O) groups excluding carboxylic acids is 1. The van der Waals surface area contributed by atoms with Crippen molar-refractivity contribution in [3.63, 3.8) is 0 Å². The lowest BCUT2D eigenvalue weighted by Gasteiger charge is -2.21. The molecule has 1 aromatic carbocycles. The second-order valence-corrected chi connectivity index (χ2v) is 10.5. The minimum atomic E-state index is -0.200. The first-order chi connectivity index (χ1) is 16.0. The van der Waals surface area contributed by atoms with Crippen molar-refractivity contribution in [1.82, 2.24) is 19.4 Å². The lowest BCUT2D eigenvalue weighted by atomic mass is 10.1. The predicted octanol–water partition coefficient (Wildman–Crippen LogP) is 3.63. The van der Waals surface area contributed by atoms with Gasteiger partial charge in [-0.15, -0.1) is 22.7 Å². The fourth-order valence-electron chi connectivity index (χ4n) is 3.80. The number of thiazole rings is 1. The number of hydrogen-bond acceptors (Lipinski definition) is 9. The van der Waals surface area contributed by atoms with Crippen LogP contribution < -0.4 is 15.6 Å². The predicted molar refractivity (Wildman–Crippen MR) is 133 cm³/mol. The van der Waals surface area contributed by atoms with E-state index in [0.717, 1.165) is 29.9 Å². The van der Waals surface area contributed by atoms with Gasteiger partial charge in [-0.1, -0.05) is 17.8 Å². The Morgan fingerprint density at radius 1 is 1.36 bits per heavy atom. The van der Waals surface area contributed by atoms with Crippen LogP contribution in [-0.4, -0.2) is 51.8 Å². The lowest BCUT2D eigenvalue weighted by molar-refractivity contribution is -0.113. The normalized spacial score (nSPS) is 13.8. The van der Waals surface area contributed by atoms with E-state index in [0.29, 0.717) is 27.1 Å². The van der Waals surface area contributed by atoms with E-state index in [1.165, 1.54) is 28.0 Å². The Hall–Kier alpha value is -2.73. The third-order valence-electron chi connectivity index (χ3n) is 5.36. The van der Waals surface area contributed by atoms with Crippen LogP contribution in [0.3, 0.4) is 0 Å². The van der Waals surface area contributed by atoms with Crippen LogP contribution in [0.4, 0.5) is 5.13 Å². The van der Waals surface area contributed by atoms with Crippen LogP contribution in [0.2, 0.25) is 0 Å². The van der Waals surface area contributed by atoms with E-state index < -0.39 is 0 Å². The first-order valence-corrected chi connectivity index (χ1v) is 12.9. The molecule has 0 spiro atoms. The van der Waals surface area contributed by atoms with Crippen LogP contribution in [0.5, 0.6) is 5.75 Å².